The van der Waals surface area contributed by atoms with Crippen molar-refractivity contribution in [2.24, 2.45) is 5.73 Å². The number of nitrogens with zero attached hydrogens (tertiary/aromatic N) is 2. The van der Waals surface area contributed by atoms with Gasteiger partial charge in [0, 0.05) is 23.2 Å². The fraction of sp³-hybridized carbons (Fsp3) is 0.133. The van der Waals surface area contributed by atoms with E-state index >= 15 is 0 Å². The number of aromatic nitrogens is 2. The van der Waals surface area contributed by atoms with Gasteiger partial charge in [0.05, 0.1) is 11.2 Å². The number of pyridine rings is 1. The molecule has 0 fully saturated rings. The number of hydrogen-bond acceptors (Lipinski definition) is 2. The number of fused-ring (bicyclic) bond motifs is 1. The smallest absolute Gasteiger partial charge is 0.144 e. The maximum absolute atomic E-state index is 5.93. The monoisotopic (exact) mass is 271 g/mol. The van der Waals surface area contributed by atoms with Gasteiger partial charge in [-0.3, -0.25) is 4.40 Å². The minimum absolute atomic E-state index is 0.599. The second-order valence-corrected chi connectivity index (χ2v) is 4.82. The Bertz CT molecular complexity index is 701. The van der Waals surface area contributed by atoms with Gasteiger partial charge in [0.25, 0.3) is 0 Å². The molecule has 0 amide bonds. The number of halogens is 1. The van der Waals surface area contributed by atoms with Crippen LogP contribution in [0.25, 0.3) is 16.9 Å². The van der Waals surface area contributed by atoms with Crippen molar-refractivity contribution in [3.63, 3.8) is 0 Å². The fourth-order valence-corrected chi connectivity index (χ4v) is 2.35. The summed E-state index contributed by atoms with van der Waals surface area (Å²) in [6.07, 6.45) is 2.80. The molecule has 0 bridgehead atoms. The van der Waals surface area contributed by atoms with E-state index in [0.29, 0.717) is 6.54 Å². The summed E-state index contributed by atoms with van der Waals surface area (Å²) in [7, 11) is 0. The van der Waals surface area contributed by atoms with Crippen LogP contribution in [0, 0.1) is 0 Å². The van der Waals surface area contributed by atoms with Crippen molar-refractivity contribution in [2.75, 3.05) is 6.54 Å². The molecule has 0 atom stereocenters. The van der Waals surface area contributed by atoms with Gasteiger partial charge in [-0.1, -0.05) is 17.7 Å². The molecule has 0 spiro atoms. The molecule has 0 aliphatic heterocycles. The highest BCUT2D eigenvalue weighted by molar-refractivity contribution is 6.30. The fourth-order valence-electron chi connectivity index (χ4n) is 2.23. The van der Waals surface area contributed by atoms with Gasteiger partial charge in [0.1, 0.15) is 5.82 Å². The molecule has 2 heterocycles. The van der Waals surface area contributed by atoms with Crippen LogP contribution in [0.3, 0.4) is 0 Å². The first-order chi connectivity index (χ1) is 9.29. The molecule has 96 valence electrons. The molecule has 2 aromatic heterocycles. The van der Waals surface area contributed by atoms with Crippen LogP contribution in [0.4, 0.5) is 0 Å². The summed E-state index contributed by atoms with van der Waals surface area (Å²) >= 11 is 5.93. The highest BCUT2D eigenvalue weighted by Crippen LogP contribution is 2.24. The first-order valence-corrected chi connectivity index (χ1v) is 6.59. The van der Waals surface area contributed by atoms with Gasteiger partial charge in [-0.15, -0.1) is 0 Å². The van der Waals surface area contributed by atoms with E-state index in [9.17, 15) is 0 Å². The average Bonchev–Trinajstić information content (AvgIpc) is 2.80. The standard InChI is InChI=1S/C15H14ClN3/c16-12-6-4-11(5-7-12)15-18-13(8-9-17)14-3-1-2-10-19(14)15/h1-7,10H,8-9,17H2. The molecule has 0 saturated heterocycles. The van der Waals surface area contributed by atoms with Crippen LogP contribution in [0.1, 0.15) is 5.69 Å². The first-order valence-electron chi connectivity index (χ1n) is 6.21. The van der Waals surface area contributed by atoms with E-state index in [2.05, 4.69) is 10.5 Å². The van der Waals surface area contributed by atoms with E-state index in [1.54, 1.807) is 0 Å². The number of hydrogen-bond donors (Lipinski definition) is 1. The Morgan fingerprint density at radius 1 is 1.11 bits per heavy atom. The number of rotatable bonds is 3. The summed E-state index contributed by atoms with van der Waals surface area (Å²) in [5.74, 6) is 0.927. The van der Waals surface area contributed by atoms with Crippen LogP contribution in [0.5, 0.6) is 0 Å². The lowest BCUT2D eigenvalue weighted by Gasteiger charge is -2.01. The number of benzene rings is 1. The molecule has 4 heteroatoms. The van der Waals surface area contributed by atoms with Crippen LogP contribution in [-0.2, 0) is 6.42 Å². The van der Waals surface area contributed by atoms with Crippen molar-refractivity contribution >= 4 is 17.1 Å². The van der Waals surface area contributed by atoms with E-state index in [0.717, 1.165) is 34.0 Å². The largest absolute Gasteiger partial charge is 0.330 e. The maximum Gasteiger partial charge on any atom is 0.144 e. The zero-order valence-electron chi connectivity index (χ0n) is 10.4. The molecule has 19 heavy (non-hydrogen) atoms. The Labute approximate surface area is 116 Å². The molecule has 0 aliphatic carbocycles. The van der Waals surface area contributed by atoms with Crippen molar-refractivity contribution in [3.05, 3.63) is 59.4 Å². The third-order valence-corrected chi connectivity index (χ3v) is 3.36. The molecule has 2 N–H and O–H groups in total. The van der Waals surface area contributed by atoms with Crippen LogP contribution in [0.15, 0.2) is 48.7 Å². The molecule has 0 saturated carbocycles. The normalized spacial score (nSPS) is 11.1. The number of nitrogens with two attached hydrogens (primary N) is 1. The predicted molar refractivity (Wildman–Crippen MR) is 78.4 cm³/mol. The van der Waals surface area contributed by atoms with E-state index in [4.69, 9.17) is 22.3 Å². The molecule has 3 rings (SSSR count). The molecule has 3 nitrogen and oxygen atoms in total. The Morgan fingerprint density at radius 3 is 2.63 bits per heavy atom. The second kappa shape index (κ2) is 5.03. The van der Waals surface area contributed by atoms with Crippen molar-refractivity contribution in [1.29, 1.82) is 0 Å². The third-order valence-electron chi connectivity index (χ3n) is 3.11. The Kier molecular flexibility index (Phi) is 3.23. The van der Waals surface area contributed by atoms with Gasteiger partial charge in [-0.2, -0.15) is 0 Å². The molecular formula is C15H14ClN3. The minimum Gasteiger partial charge on any atom is -0.330 e. The topological polar surface area (TPSA) is 43.3 Å². The lowest BCUT2D eigenvalue weighted by atomic mass is 10.2. The molecule has 3 aromatic rings. The van der Waals surface area contributed by atoms with E-state index in [1.165, 1.54) is 0 Å². The van der Waals surface area contributed by atoms with E-state index in [1.807, 2.05) is 42.6 Å². The summed E-state index contributed by atoms with van der Waals surface area (Å²) in [6.45, 7) is 0.599. The Morgan fingerprint density at radius 2 is 1.89 bits per heavy atom. The quantitative estimate of drug-likeness (QED) is 0.795. The lowest BCUT2D eigenvalue weighted by Crippen LogP contribution is -2.03. The van der Waals surface area contributed by atoms with Gasteiger partial charge in [-0.05, 0) is 42.9 Å². The highest BCUT2D eigenvalue weighted by atomic mass is 35.5. The van der Waals surface area contributed by atoms with Crippen LogP contribution in [-0.4, -0.2) is 15.9 Å². The summed E-state index contributed by atoms with van der Waals surface area (Å²) in [4.78, 5) is 4.72. The first kappa shape index (κ1) is 12.2. The van der Waals surface area contributed by atoms with Gasteiger partial charge in [-0.25, -0.2) is 4.98 Å². The van der Waals surface area contributed by atoms with Crippen LogP contribution in [0.2, 0.25) is 5.02 Å². The van der Waals surface area contributed by atoms with Gasteiger partial charge >= 0.3 is 0 Å². The van der Waals surface area contributed by atoms with Crippen molar-refractivity contribution in [1.82, 2.24) is 9.38 Å². The second-order valence-electron chi connectivity index (χ2n) is 4.38. The van der Waals surface area contributed by atoms with Gasteiger partial charge < -0.3 is 5.73 Å². The summed E-state index contributed by atoms with van der Waals surface area (Å²) in [5, 5.41) is 0.729. The van der Waals surface area contributed by atoms with Crippen LogP contribution < -0.4 is 5.73 Å². The average molecular weight is 272 g/mol. The summed E-state index contributed by atoms with van der Waals surface area (Å²) < 4.78 is 2.09. The van der Waals surface area contributed by atoms with Gasteiger partial charge in [0.15, 0.2) is 0 Å². The summed E-state index contributed by atoms with van der Waals surface area (Å²) in [6, 6.07) is 13.8. The predicted octanol–water partition coefficient (Wildman–Crippen LogP) is 3.16. The van der Waals surface area contributed by atoms with Crippen molar-refractivity contribution in [3.8, 4) is 11.4 Å². The molecular weight excluding hydrogens is 258 g/mol. The van der Waals surface area contributed by atoms with Crippen molar-refractivity contribution < 1.29 is 0 Å². The molecule has 0 radical (unpaired) electrons. The van der Waals surface area contributed by atoms with E-state index in [-0.39, 0.29) is 0 Å². The SMILES string of the molecule is NCCc1nc(-c2ccc(Cl)cc2)n2ccccc12. The lowest BCUT2D eigenvalue weighted by molar-refractivity contribution is 0.944. The minimum atomic E-state index is 0.599. The summed E-state index contributed by atoms with van der Waals surface area (Å²) in [5.41, 5.74) is 8.85. The van der Waals surface area contributed by atoms with E-state index < -0.39 is 0 Å². The molecule has 1 aromatic carbocycles. The number of imidazole rings is 1. The maximum atomic E-state index is 5.93. The highest BCUT2D eigenvalue weighted by Gasteiger charge is 2.11. The van der Waals surface area contributed by atoms with Crippen molar-refractivity contribution in [2.45, 2.75) is 6.42 Å². The molecule has 0 aliphatic rings. The third kappa shape index (κ3) is 2.23. The zero-order chi connectivity index (χ0) is 13.2. The Hall–Kier alpha value is -1.84. The molecule has 0 unspecified atom stereocenters. The van der Waals surface area contributed by atoms with Gasteiger partial charge in [0.2, 0.25) is 0 Å². The zero-order valence-corrected chi connectivity index (χ0v) is 11.1. The van der Waals surface area contributed by atoms with Crippen LogP contribution >= 0.6 is 11.6 Å². The Balaban J connectivity index is 2.20.